The van der Waals surface area contributed by atoms with Gasteiger partial charge < -0.3 is 5.11 Å². The van der Waals surface area contributed by atoms with Gasteiger partial charge in [0.2, 0.25) is 0 Å². The Hall–Kier alpha value is -1.67. The van der Waals surface area contributed by atoms with E-state index in [4.69, 9.17) is 16.7 Å². The van der Waals surface area contributed by atoms with Crippen LogP contribution in [0, 0.1) is 11.8 Å². The van der Waals surface area contributed by atoms with Crippen LogP contribution in [0.4, 0.5) is 13.2 Å². The third-order valence-electron chi connectivity index (χ3n) is 1.75. The molecule has 1 rings (SSSR count). The lowest BCUT2D eigenvalue weighted by Crippen LogP contribution is -2.05. The molecule has 0 aliphatic heterocycles. The Kier molecular flexibility index (Phi) is 4.02. The second kappa shape index (κ2) is 5.11. The van der Waals surface area contributed by atoms with Gasteiger partial charge in [0.1, 0.15) is 6.42 Å². The lowest BCUT2D eigenvalue weighted by atomic mass is 10.1. The molecule has 0 saturated heterocycles. The van der Waals surface area contributed by atoms with Gasteiger partial charge in [0.15, 0.2) is 0 Å². The molecule has 2 nitrogen and oxygen atoms in total. The van der Waals surface area contributed by atoms with E-state index < -0.39 is 22.7 Å². The predicted octanol–water partition coefficient (Wildman–Crippen LogP) is 3.19. The van der Waals surface area contributed by atoms with Gasteiger partial charge in [-0.1, -0.05) is 23.4 Å². The number of halogens is 4. The Labute approximate surface area is 100 Å². The van der Waals surface area contributed by atoms with E-state index in [-0.39, 0.29) is 12.0 Å². The molecule has 0 aromatic heterocycles. The topological polar surface area (TPSA) is 37.3 Å². The van der Waals surface area contributed by atoms with E-state index in [1.54, 1.807) is 0 Å². The Morgan fingerprint density at radius 3 is 2.53 bits per heavy atom. The number of carboxylic acids is 1. The molecule has 0 saturated carbocycles. The van der Waals surface area contributed by atoms with E-state index >= 15 is 0 Å². The molecule has 0 unspecified atom stereocenters. The fourth-order valence-corrected chi connectivity index (χ4v) is 1.33. The summed E-state index contributed by atoms with van der Waals surface area (Å²) >= 11 is 5.45. The Morgan fingerprint density at radius 2 is 2.06 bits per heavy atom. The zero-order chi connectivity index (χ0) is 13.1. The molecule has 1 aromatic carbocycles. The van der Waals surface area contributed by atoms with Crippen molar-refractivity contribution in [3.8, 4) is 11.8 Å². The van der Waals surface area contributed by atoms with E-state index in [0.29, 0.717) is 0 Å². The first-order valence-corrected chi connectivity index (χ1v) is 4.76. The van der Waals surface area contributed by atoms with Gasteiger partial charge in [-0.2, -0.15) is 13.2 Å². The van der Waals surface area contributed by atoms with Crippen LogP contribution in [0.2, 0.25) is 5.02 Å². The van der Waals surface area contributed by atoms with Crippen molar-refractivity contribution < 1.29 is 23.1 Å². The van der Waals surface area contributed by atoms with Gasteiger partial charge in [-0.05, 0) is 18.2 Å². The average molecular weight is 263 g/mol. The number of rotatable bonds is 1. The smallest absolute Gasteiger partial charge is 0.417 e. The van der Waals surface area contributed by atoms with Crippen molar-refractivity contribution in [1.29, 1.82) is 0 Å². The van der Waals surface area contributed by atoms with Crippen LogP contribution in [0.5, 0.6) is 0 Å². The molecule has 0 heterocycles. The highest BCUT2D eigenvalue weighted by Gasteiger charge is 2.32. The molecule has 90 valence electrons. The minimum Gasteiger partial charge on any atom is -0.481 e. The van der Waals surface area contributed by atoms with Gasteiger partial charge in [0.25, 0.3) is 0 Å². The Bertz CT molecular complexity index is 498. The molecule has 0 amide bonds. The molecule has 0 bridgehead atoms. The molecule has 0 aliphatic carbocycles. The van der Waals surface area contributed by atoms with Gasteiger partial charge >= 0.3 is 12.1 Å². The molecule has 0 spiro atoms. The summed E-state index contributed by atoms with van der Waals surface area (Å²) in [6, 6.07) is 3.01. The normalized spacial score (nSPS) is 10.6. The second-order valence-electron chi connectivity index (χ2n) is 3.06. The maximum atomic E-state index is 12.3. The third kappa shape index (κ3) is 4.00. The van der Waals surface area contributed by atoms with E-state index in [2.05, 4.69) is 11.8 Å². The van der Waals surface area contributed by atoms with E-state index in [1.165, 1.54) is 0 Å². The number of alkyl halides is 3. The first kappa shape index (κ1) is 13.4. The standard InChI is InChI=1S/C11H6ClF3O2/c12-9-6-7(2-1-3-10(16)17)4-5-8(9)11(13,14)15/h4-6H,3H2,(H,16,17). The number of carboxylic acid groups (broad SMARTS) is 1. The van der Waals surface area contributed by atoms with Crippen molar-refractivity contribution in [2.24, 2.45) is 0 Å². The minimum absolute atomic E-state index is 0.240. The molecule has 17 heavy (non-hydrogen) atoms. The quantitative estimate of drug-likeness (QED) is 0.789. The van der Waals surface area contributed by atoms with Crippen molar-refractivity contribution >= 4 is 17.6 Å². The zero-order valence-corrected chi connectivity index (χ0v) is 9.06. The summed E-state index contributed by atoms with van der Waals surface area (Å²) in [7, 11) is 0. The van der Waals surface area contributed by atoms with Crippen LogP contribution in [0.3, 0.4) is 0 Å². The van der Waals surface area contributed by atoms with Gasteiger partial charge in [-0.25, -0.2) is 0 Å². The molecule has 0 fully saturated rings. The van der Waals surface area contributed by atoms with Gasteiger partial charge in [-0.3, -0.25) is 4.79 Å². The van der Waals surface area contributed by atoms with Crippen LogP contribution in [0.1, 0.15) is 17.5 Å². The third-order valence-corrected chi connectivity index (χ3v) is 2.06. The Morgan fingerprint density at radius 1 is 1.41 bits per heavy atom. The van der Waals surface area contributed by atoms with Crippen LogP contribution in [0.15, 0.2) is 18.2 Å². The summed E-state index contributed by atoms with van der Waals surface area (Å²) in [5.41, 5.74) is -0.702. The molecular weight excluding hydrogens is 257 g/mol. The lowest BCUT2D eigenvalue weighted by Gasteiger charge is -2.08. The van der Waals surface area contributed by atoms with Crippen LogP contribution >= 0.6 is 11.6 Å². The van der Waals surface area contributed by atoms with Crippen LogP contribution in [-0.2, 0) is 11.0 Å². The summed E-state index contributed by atoms with van der Waals surface area (Å²) in [6.07, 6.45) is -4.89. The van der Waals surface area contributed by atoms with Crippen LogP contribution in [0.25, 0.3) is 0 Å². The molecule has 0 aliphatic rings. The average Bonchev–Trinajstić information content (AvgIpc) is 2.14. The monoisotopic (exact) mass is 262 g/mol. The molecule has 6 heteroatoms. The van der Waals surface area contributed by atoms with Gasteiger partial charge in [0.05, 0.1) is 10.6 Å². The molecule has 1 aromatic rings. The first-order valence-electron chi connectivity index (χ1n) is 4.38. The summed E-state index contributed by atoms with van der Waals surface area (Å²) < 4.78 is 37.0. The van der Waals surface area contributed by atoms with Crippen LogP contribution in [-0.4, -0.2) is 11.1 Å². The fourth-order valence-electron chi connectivity index (χ4n) is 1.04. The number of hydrogen-bond donors (Lipinski definition) is 1. The van der Waals surface area contributed by atoms with Crippen molar-refractivity contribution in [3.05, 3.63) is 34.3 Å². The van der Waals surface area contributed by atoms with Crippen LogP contribution < -0.4 is 0 Å². The number of aliphatic carboxylic acids is 1. The summed E-state index contributed by atoms with van der Waals surface area (Å²) in [4.78, 5) is 10.2. The fraction of sp³-hybridized carbons (Fsp3) is 0.182. The summed E-state index contributed by atoms with van der Waals surface area (Å²) in [6.45, 7) is 0. The maximum absolute atomic E-state index is 12.3. The molecule has 0 atom stereocenters. The van der Waals surface area contributed by atoms with E-state index in [1.807, 2.05) is 0 Å². The lowest BCUT2D eigenvalue weighted by molar-refractivity contribution is -0.137. The number of carbonyl (C=O) groups is 1. The number of benzene rings is 1. The van der Waals surface area contributed by atoms with Crippen molar-refractivity contribution in [2.45, 2.75) is 12.6 Å². The zero-order valence-electron chi connectivity index (χ0n) is 8.31. The van der Waals surface area contributed by atoms with E-state index in [0.717, 1.165) is 18.2 Å². The highest BCUT2D eigenvalue weighted by molar-refractivity contribution is 6.31. The minimum atomic E-state index is -4.51. The second-order valence-corrected chi connectivity index (χ2v) is 3.47. The van der Waals surface area contributed by atoms with Crippen molar-refractivity contribution in [3.63, 3.8) is 0 Å². The van der Waals surface area contributed by atoms with Crippen molar-refractivity contribution in [2.75, 3.05) is 0 Å². The first-order chi connectivity index (χ1) is 7.80. The molecular formula is C11H6ClF3O2. The largest absolute Gasteiger partial charge is 0.481 e. The van der Waals surface area contributed by atoms with Gasteiger partial charge in [0, 0.05) is 5.56 Å². The maximum Gasteiger partial charge on any atom is 0.417 e. The SMILES string of the molecule is O=C(O)CC#Cc1ccc(C(F)(F)F)c(Cl)c1. The van der Waals surface area contributed by atoms with Crippen molar-refractivity contribution in [1.82, 2.24) is 0 Å². The highest BCUT2D eigenvalue weighted by Crippen LogP contribution is 2.34. The van der Waals surface area contributed by atoms with Gasteiger partial charge in [-0.15, -0.1) is 0 Å². The molecule has 1 N–H and O–H groups in total. The predicted molar refractivity (Wildman–Crippen MR) is 55.6 cm³/mol. The summed E-state index contributed by atoms with van der Waals surface area (Å²) in [5.74, 6) is 3.61. The van der Waals surface area contributed by atoms with E-state index in [9.17, 15) is 18.0 Å². The highest BCUT2D eigenvalue weighted by atomic mass is 35.5. The molecule has 0 radical (unpaired) electrons. The number of hydrogen-bond acceptors (Lipinski definition) is 1. The summed E-state index contributed by atoms with van der Waals surface area (Å²) in [5, 5.41) is 7.86. The Balaban J connectivity index is 2.96.